The van der Waals surface area contributed by atoms with Crippen LogP contribution in [-0.4, -0.2) is 82.2 Å². The first kappa shape index (κ1) is 35.7. The van der Waals surface area contributed by atoms with Gasteiger partial charge in [-0.3, -0.25) is 14.6 Å². The number of thioether (sulfide) groups is 1. The number of aromatic nitrogens is 2. The van der Waals surface area contributed by atoms with Gasteiger partial charge in [-0.1, -0.05) is 0 Å². The second kappa shape index (κ2) is 18.3. The third-order valence-corrected chi connectivity index (χ3v) is 10.1. The highest BCUT2D eigenvalue weighted by molar-refractivity contribution is 7.99. The number of fused-ring (bicyclic) bond motifs is 1. The maximum atomic E-state index is 15.5. The van der Waals surface area contributed by atoms with Gasteiger partial charge in [-0.25, -0.2) is 4.39 Å². The van der Waals surface area contributed by atoms with Crippen LogP contribution in [0, 0.1) is 17.8 Å². The molecule has 2 aliphatic rings. The van der Waals surface area contributed by atoms with Crippen LogP contribution in [0.1, 0.15) is 63.1 Å². The predicted molar refractivity (Wildman–Crippen MR) is 180 cm³/mol. The summed E-state index contributed by atoms with van der Waals surface area (Å²) in [5, 5.41) is 21.9. The Balaban J connectivity index is 0.000000409. The Labute approximate surface area is 275 Å². The maximum Gasteiger partial charge on any atom is 0.303 e. The van der Waals surface area contributed by atoms with Crippen molar-refractivity contribution >= 4 is 34.6 Å². The Morgan fingerprint density at radius 1 is 1.15 bits per heavy atom. The van der Waals surface area contributed by atoms with Crippen molar-refractivity contribution in [2.24, 2.45) is 24.8 Å². The van der Waals surface area contributed by atoms with Crippen molar-refractivity contribution < 1.29 is 28.9 Å². The zero-order valence-corrected chi connectivity index (χ0v) is 27.9. The normalized spacial score (nSPS) is 20.9. The van der Waals surface area contributed by atoms with E-state index in [9.17, 15) is 14.7 Å². The number of rotatable bonds is 14. The number of carbonyl (C=O) groups is 2. The average Bonchev–Trinajstić information content (AvgIpc) is 3.46. The fourth-order valence-corrected chi connectivity index (χ4v) is 7.55. The maximum absolute atomic E-state index is 15.5. The molecule has 1 aromatic carbocycles. The Morgan fingerprint density at radius 3 is 2.67 bits per heavy atom. The molecule has 252 valence electrons. The lowest BCUT2D eigenvalue weighted by Gasteiger charge is -2.38. The Morgan fingerprint density at radius 2 is 1.98 bits per heavy atom. The standard InChI is InChI=1S/C28H36FN3O3S.C7H13NO2/c1-31-13-10-23(19-31)36-15-3-12-32-14-9-20(21(18-32)16-28(33)34)4-6-26(29)24-8-11-30-27-7-5-22(35-2)17-25(24)27;9-7(10)4-6-2-1-3-8-5-6/h5,7-8,10-11,13,17,19-21,26H,3-4,6,9,12,14-16,18H2,1-2H3,(H,33,34);6,8H,1-5H2,(H,9,10)/t20-,21+,26?;/m1./s1. The molecule has 46 heavy (non-hydrogen) atoms. The number of alkyl halides is 1. The molecule has 2 aromatic heterocycles. The molecule has 4 atom stereocenters. The Bertz CT molecular complexity index is 1400. The third-order valence-electron chi connectivity index (χ3n) is 9.08. The highest BCUT2D eigenvalue weighted by atomic mass is 32.2. The summed E-state index contributed by atoms with van der Waals surface area (Å²) in [6.07, 6.45) is 10.4. The first-order valence-electron chi connectivity index (χ1n) is 16.4. The molecule has 0 amide bonds. The molecule has 3 N–H and O–H groups in total. The number of aryl methyl sites for hydroxylation is 1. The number of piperidine rings is 2. The van der Waals surface area contributed by atoms with Gasteiger partial charge in [-0.05, 0) is 124 Å². The summed E-state index contributed by atoms with van der Waals surface area (Å²) in [6, 6.07) is 9.39. The zero-order valence-electron chi connectivity index (χ0n) is 27.1. The van der Waals surface area contributed by atoms with Gasteiger partial charge in [0.05, 0.1) is 12.6 Å². The van der Waals surface area contributed by atoms with E-state index in [1.807, 2.05) is 37.0 Å². The number of halogens is 1. The fraction of sp³-hybridized carbons (Fsp3) is 0.571. The molecule has 0 saturated carbocycles. The lowest BCUT2D eigenvalue weighted by atomic mass is 9.79. The molecule has 2 saturated heterocycles. The van der Waals surface area contributed by atoms with Crippen molar-refractivity contribution in [2.45, 2.75) is 62.4 Å². The highest BCUT2D eigenvalue weighted by Crippen LogP contribution is 2.36. The van der Waals surface area contributed by atoms with Crippen LogP contribution in [-0.2, 0) is 16.6 Å². The summed E-state index contributed by atoms with van der Waals surface area (Å²) in [6.45, 7) is 4.63. The monoisotopic (exact) mass is 656 g/mol. The SMILES string of the molecule is COc1ccc2nccc(C(F)CC[C@@H]3CCN(CCCSc4ccn(C)c4)C[C@@H]3CC(=O)O)c2c1.O=C(O)CC1CCCNC1. The van der Waals surface area contributed by atoms with Crippen molar-refractivity contribution in [1.29, 1.82) is 0 Å². The minimum atomic E-state index is -1.12. The molecule has 3 aromatic rings. The molecule has 0 bridgehead atoms. The number of hydrogen-bond donors (Lipinski definition) is 3. The molecule has 0 radical (unpaired) electrons. The van der Waals surface area contributed by atoms with Gasteiger partial charge in [0, 0.05) is 55.3 Å². The third kappa shape index (κ3) is 11.3. The smallest absolute Gasteiger partial charge is 0.303 e. The number of methoxy groups -OCH3 is 1. The van der Waals surface area contributed by atoms with Crippen LogP contribution in [0.5, 0.6) is 5.75 Å². The van der Waals surface area contributed by atoms with Gasteiger partial charge in [-0.2, -0.15) is 0 Å². The minimum Gasteiger partial charge on any atom is -0.497 e. The van der Waals surface area contributed by atoms with E-state index in [4.69, 9.17) is 9.84 Å². The summed E-state index contributed by atoms with van der Waals surface area (Å²) in [7, 11) is 3.62. The van der Waals surface area contributed by atoms with E-state index < -0.39 is 18.1 Å². The van der Waals surface area contributed by atoms with E-state index in [1.54, 1.807) is 19.4 Å². The van der Waals surface area contributed by atoms with Crippen LogP contribution in [0.25, 0.3) is 10.9 Å². The van der Waals surface area contributed by atoms with Crippen molar-refractivity contribution in [3.8, 4) is 5.75 Å². The van der Waals surface area contributed by atoms with Crippen LogP contribution in [0.15, 0.2) is 53.8 Å². The van der Waals surface area contributed by atoms with Crippen LogP contribution in [0.4, 0.5) is 4.39 Å². The lowest BCUT2D eigenvalue weighted by molar-refractivity contribution is -0.139. The average molecular weight is 657 g/mol. The molecule has 4 heterocycles. The molecule has 2 aliphatic heterocycles. The van der Waals surface area contributed by atoms with E-state index in [2.05, 4.69) is 38.2 Å². The topological polar surface area (TPSA) is 117 Å². The number of benzene rings is 1. The van der Waals surface area contributed by atoms with Crippen molar-refractivity contribution in [3.63, 3.8) is 0 Å². The summed E-state index contributed by atoms with van der Waals surface area (Å²) >= 11 is 1.86. The second-order valence-corrected chi connectivity index (χ2v) is 13.7. The van der Waals surface area contributed by atoms with Gasteiger partial charge in [0.25, 0.3) is 0 Å². The first-order valence-corrected chi connectivity index (χ1v) is 17.4. The Hall–Kier alpha value is -3.15. The van der Waals surface area contributed by atoms with Gasteiger partial charge in [0.15, 0.2) is 0 Å². The van der Waals surface area contributed by atoms with E-state index in [0.717, 1.165) is 75.1 Å². The van der Waals surface area contributed by atoms with Crippen LogP contribution in [0.3, 0.4) is 0 Å². The lowest BCUT2D eigenvalue weighted by Crippen LogP contribution is -2.42. The number of pyridine rings is 1. The Kier molecular flexibility index (Phi) is 14.2. The van der Waals surface area contributed by atoms with Crippen LogP contribution in [0.2, 0.25) is 0 Å². The summed E-state index contributed by atoms with van der Waals surface area (Å²) in [5.41, 5.74) is 1.38. The van der Waals surface area contributed by atoms with Gasteiger partial charge in [0.1, 0.15) is 11.9 Å². The molecular weight excluding hydrogens is 607 g/mol. The predicted octanol–water partition coefficient (Wildman–Crippen LogP) is 6.43. The zero-order chi connectivity index (χ0) is 32.9. The largest absolute Gasteiger partial charge is 0.497 e. The quantitative estimate of drug-likeness (QED) is 0.133. The molecule has 0 aliphatic carbocycles. The molecule has 5 rings (SSSR count). The number of nitrogens with zero attached hydrogens (tertiary/aromatic N) is 3. The number of hydrogen-bond acceptors (Lipinski definition) is 7. The van der Waals surface area contributed by atoms with Gasteiger partial charge >= 0.3 is 11.9 Å². The number of ether oxygens (including phenoxy) is 1. The van der Waals surface area contributed by atoms with Gasteiger partial charge in [-0.15, -0.1) is 11.8 Å². The van der Waals surface area contributed by atoms with E-state index in [1.165, 1.54) is 4.90 Å². The molecular formula is C35H49FN4O5S. The van der Waals surface area contributed by atoms with Crippen molar-refractivity contribution in [3.05, 3.63) is 54.5 Å². The number of carboxylic acids is 2. The first-order chi connectivity index (χ1) is 22.2. The van der Waals surface area contributed by atoms with Gasteiger partial charge in [0.2, 0.25) is 0 Å². The molecule has 11 heteroatoms. The molecule has 9 nitrogen and oxygen atoms in total. The highest BCUT2D eigenvalue weighted by Gasteiger charge is 2.31. The van der Waals surface area contributed by atoms with E-state index in [-0.39, 0.29) is 18.3 Å². The van der Waals surface area contributed by atoms with Gasteiger partial charge < -0.3 is 29.7 Å². The summed E-state index contributed by atoms with van der Waals surface area (Å²) < 4.78 is 22.8. The second-order valence-electron chi connectivity index (χ2n) is 12.6. The molecule has 2 unspecified atom stereocenters. The summed E-state index contributed by atoms with van der Waals surface area (Å²) in [4.78, 5) is 29.9. The van der Waals surface area contributed by atoms with Crippen LogP contribution < -0.4 is 10.1 Å². The molecule has 2 fully saturated rings. The van der Waals surface area contributed by atoms with E-state index >= 15 is 4.39 Å². The number of nitrogens with one attached hydrogen (secondary N) is 1. The van der Waals surface area contributed by atoms with Crippen LogP contribution >= 0.6 is 11.8 Å². The van der Waals surface area contributed by atoms with Crippen molar-refractivity contribution in [1.82, 2.24) is 19.8 Å². The fourth-order valence-electron chi connectivity index (χ4n) is 6.64. The summed E-state index contributed by atoms with van der Waals surface area (Å²) in [5.74, 6) is 0.925. The van der Waals surface area contributed by atoms with E-state index in [0.29, 0.717) is 36.5 Å². The minimum absolute atomic E-state index is 0.0551. The number of likely N-dealkylation sites (tertiary alicyclic amines) is 1. The number of carboxylic acid groups (broad SMARTS) is 2. The number of aliphatic carboxylic acids is 2. The van der Waals surface area contributed by atoms with Crippen molar-refractivity contribution in [2.75, 3.05) is 45.6 Å². The molecule has 0 spiro atoms.